The van der Waals surface area contributed by atoms with Crippen LogP contribution >= 0.6 is 0 Å². The van der Waals surface area contributed by atoms with Gasteiger partial charge in [0.15, 0.2) is 0 Å². The zero-order valence-corrected chi connectivity index (χ0v) is 12.4. The second-order valence-corrected chi connectivity index (χ2v) is 4.91. The molecule has 0 spiro atoms. The fourth-order valence-electron chi connectivity index (χ4n) is 1.87. The van der Waals surface area contributed by atoms with Crippen LogP contribution in [-0.4, -0.2) is 12.6 Å². The molecule has 0 N–H and O–H groups in total. The predicted octanol–water partition coefficient (Wildman–Crippen LogP) is 4.51. The third kappa shape index (κ3) is 6.71. The Balaban J connectivity index is 2.30. The Morgan fingerprint density at radius 2 is 1.85 bits per heavy atom. The maximum Gasteiger partial charge on any atom is 0.373 e. The van der Waals surface area contributed by atoms with E-state index in [9.17, 15) is 4.79 Å². The van der Waals surface area contributed by atoms with Crippen molar-refractivity contribution < 1.29 is 14.6 Å². The smallest absolute Gasteiger partial charge is 0.293 e. The highest BCUT2D eigenvalue weighted by molar-refractivity contribution is 5.88. The maximum atomic E-state index is 11.7. The number of carbonyl (C=O) groups excluding carboxylic acids is 1. The van der Waals surface area contributed by atoms with Crippen molar-refractivity contribution in [1.82, 2.24) is 0 Å². The summed E-state index contributed by atoms with van der Waals surface area (Å²) in [5.41, 5.74) is 1.78. The molecule has 0 fully saturated rings. The minimum atomic E-state index is -0.431. The Hall–Kier alpha value is -1.35. The lowest BCUT2D eigenvalue weighted by atomic mass is 10.1. The van der Waals surface area contributed by atoms with Crippen LogP contribution in [0, 0.1) is 6.92 Å². The molecule has 0 unspecified atom stereocenters. The van der Waals surface area contributed by atoms with E-state index < -0.39 is 5.97 Å². The largest absolute Gasteiger partial charge is 0.373 e. The quantitative estimate of drug-likeness (QED) is 0.358. The normalized spacial score (nSPS) is 10.5. The summed E-state index contributed by atoms with van der Waals surface area (Å²) in [6.07, 6.45) is 7.41. The number of unbranched alkanes of at least 4 members (excludes halogenated alkanes) is 4. The number of benzene rings is 1. The second kappa shape index (κ2) is 10.4. The van der Waals surface area contributed by atoms with E-state index >= 15 is 0 Å². The number of rotatable bonds is 10. The van der Waals surface area contributed by atoms with Crippen molar-refractivity contribution in [3.8, 4) is 0 Å². The van der Waals surface area contributed by atoms with Crippen molar-refractivity contribution in [2.75, 3.05) is 6.61 Å². The maximum absolute atomic E-state index is 11.7. The molecule has 0 aliphatic heterocycles. The Bertz CT molecular complexity index is 370. The molecule has 1 radical (unpaired) electrons. The summed E-state index contributed by atoms with van der Waals surface area (Å²) in [5, 5.41) is 0. The third-order valence-electron chi connectivity index (χ3n) is 3.12. The molecule has 0 bridgehead atoms. The van der Waals surface area contributed by atoms with E-state index in [2.05, 4.69) is 13.8 Å². The number of carbonyl (C=O) groups is 1. The Morgan fingerprint density at radius 3 is 2.50 bits per heavy atom. The molecule has 3 heteroatoms. The summed E-state index contributed by atoms with van der Waals surface area (Å²) >= 11 is 0. The number of hydrogen-bond donors (Lipinski definition) is 0. The minimum absolute atomic E-state index is 0.427. The predicted molar refractivity (Wildman–Crippen MR) is 80.2 cm³/mol. The summed E-state index contributed by atoms with van der Waals surface area (Å²) in [7, 11) is 0. The molecule has 1 rings (SSSR count). The molecule has 3 nitrogen and oxygen atoms in total. The SMILES string of the molecule is [CH2]CCCCOOC(=O)c1ccc(CCCCC)cc1. The molecule has 0 atom stereocenters. The summed E-state index contributed by atoms with van der Waals surface area (Å²) in [4.78, 5) is 21.3. The topological polar surface area (TPSA) is 35.5 Å². The second-order valence-electron chi connectivity index (χ2n) is 4.91. The van der Waals surface area contributed by atoms with Gasteiger partial charge < -0.3 is 0 Å². The summed E-state index contributed by atoms with van der Waals surface area (Å²) in [6.45, 7) is 6.36. The third-order valence-corrected chi connectivity index (χ3v) is 3.12. The Kier molecular flexibility index (Phi) is 8.72. The molecule has 0 aliphatic carbocycles. The van der Waals surface area contributed by atoms with Crippen molar-refractivity contribution in [2.45, 2.75) is 51.9 Å². The van der Waals surface area contributed by atoms with Gasteiger partial charge in [0.2, 0.25) is 0 Å². The lowest BCUT2D eigenvalue weighted by molar-refractivity contribution is -0.241. The van der Waals surface area contributed by atoms with Gasteiger partial charge in [0.25, 0.3) is 0 Å². The first kappa shape index (κ1) is 16.7. The van der Waals surface area contributed by atoms with E-state index in [0.717, 1.165) is 25.7 Å². The van der Waals surface area contributed by atoms with Crippen LogP contribution in [0.15, 0.2) is 24.3 Å². The van der Waals surface area contributed by atoms with E-state index in [1.165, 1.54) is 24.8 Å². The number of hydrogen-bond acceptors (Lipinski definition) is 3. The van der Waals surface area contributed by atoms with E-state index in [1.54, 1.807) is 12.1 Å². The molecule has 0 saturated heterocycles. The van der Waals surface area contributed by atoms with Gasteiger partial charge in [-0.3, -0.25) is 4.89 Å². The van der Waals surface area contributed by atoms with Crippen LogP contribution in [0.25, 0.3) is 0 Å². The van der Waals surface area contributed by atoms with E-state index in [1.807, 2.05) is 12.1 Å². The van der Waals surface area contributed by atoms with Gasteiger partial charge in [-0.15, -0.1) is 0 Å². The fraction of sp³-hybridized carbons (Fsp3) is 0.529. The lowest BCUT2D eigenvalue weighted by Crippen LogP contribution is -2.07. The molecule has 0 heterocycles. The molecular weight excluding hydrogens is 252 g/mol. The minimum Gasteiger partial charge on any atom is -0.293 e. The van der Waals surface area contributed by atoms with Gasteiger partial charge in [-0.05, 0) is 37.0 Å². The highest BCUT2D eigenvalue weighted by Crippen LogP contribution is 2.10. The lowest BCUT2D eigenvalue weighted by Gasteiger charge is -2.05. The van der Waals surface area contributed by atoms with E-state index in [4.69, 9.17) is 9.78 Å². The standard InChI is InChI=1S/C17H25O3/c1-3-5-7-9-15-10-12-16(13-11-15)17(18)20-19-14-8-6-4-2/h10-13H,2-9,14H2,1H3. The number of aryl methyl sites for hydroxylation is 1. The first-order chi connectivity index (χ1) is 9.77. The van der Waals surface area contributed by atoms with Crippen molar-refractivity contribution >= 4 is 5.97 Å². The van der Waals surface area contributed by atoms with Crippen LogP contribution in [0.5, 0.6) is 0 Å². The monoisotopic (exact) mass is 277 g/mol. The van der Waals surface area contributed by atoms with Gasteiger partial charge >= 0.3 is 5.97 Å². The molecule has 111 valence electrons. The van der Waals surface area contributed by atoms with Crippen molar-refractivity contribution in [3.63, 3.8) is 0 Å². The fourth-order valence-corrected chi connectivity index (χ4v) is 1.87. The molecule has 20 heavy (non-hydrogen) atoms. The van der Waals surface area contributed by atoms with Crippen LogP contribution in [0.3, 0.4) is 0 Å². The highest BCUT2D eigenvalue weighted by Gasteiger charge is 2.07. The first-order valence-electron chi connectivity index (χ1n) is 7.50. The highest BCUT2D eigenvalue weighted by atomic mass is 17.2. The Labute approximate surface area is 122 Å². The van der Waals surface area contributed by atoms with Gasteiger partial charge in [-0.2, -0.15) is 4.89 Å². The van der Waals surface area contributed by atoms with Crippen molar-refractivity contribution in [2.24, 2.45) is 0 Å². The van der Waals surface area contributed by atoms with Gasteiger partial charge in [-0.1, -0.05) is 51.7 Å². The average molecular weight is 277 g/mol. The van der Waals surface area contributed by atoms with Crippen LogP contribution in [0.1, 0.15) is 61.4 Å². The van der Waals surface area contributed by atoms with E-state index in [-0.39, 0.29) is 0 Å². The van der Waals surface area contributed by atoms with Crippen molar-refractivity contribution in [3.05, 3.63) is 42.3 Å². The molecule has 0 aliphatic rings. The zero-order chi connectivity index (χ0) is 14.6. The van der Waals surface area contributed by atoms with Crippen LogP contribution < -0.4 is 0 Å². The van der Waals surface area contributed by atoms with Crippen molar-refractivity contribution in [1.29, 1.82) is 0 Å². The Morgan fingerprint density at radius 1 is 1.10 bits per heavy atom. The van der Waals surface area contributed by atoms with Gasteiger partial charge in [-0.25, -0.2) is 4.79 Å². The van der Waals surface area contributed by atoms with Crippen LogP contribution in [0.4, 0.5) is 0 Å². The summed E-state index contributed by atoms with van der Waals surface area (Å²) < 4.78 is 0. The van der Waals surface area contributed by atoms with Gasteiger partial charge in [0, 0.05) is 0 Å². The molecule has 1 aromatic rings. The van der Waals surface area contributed by atoms with Crippen LogP contribution in [0.2, 0.25) is 0 Å². The van der Waals surface area contributed by atoms with Gasteiger partial charge in [0.05, 0.1) is 12.2 Å². The zero-order valence-electron chi connectivity index (χ0n) is 12.4. The van der Waals surface area contributed by atoms with Crippen LogP contribution in [-0.2, 0) is 16.2 Å². The first-order valence-corrected chi connectivity index (χ1v) is 7.50. The summed E-state index contributed by atoms with van der Waals surface area (Å²) in [6, 6.07) is 7.55. The molecule has 0 aromatic heterocycles. The van der Waals surface area contributed by atoms with Gasteiger partial charge in [0.1, 0.15) is 0 Å². The summed E-state index contributed by atoms with van der Waals surface area (Å²) in [5.74, 6) is -0.431. The van der Waals surface area contributed by atoms with E-state index in [0.29, 0.717) is 12.2 Å². The average Bonchev–Trinajstić information content (AvgIpc) is 2.48. The molecule has 0 saturated carbocycles. The molecule has 1 aromatic carbocycles. The molecule has 0 amide bonds. The molecular formula is C17H25O3.